The van der Waals surface area contributed by atoms with E-state index in [0.717, 1.165) is 43.8 Å². The van der Waals surface area contributed by atoms with Gasteiger partial charge in [-0.2, -0.15) is 13.2 Å². The first-order valence-electron chi connectivity index (χ1n) is 9.77. The summed E-state index contributed by atoms with van der Waals surface area (Å²) < 4.78 is 58.7. The van der Waals surface area contributed by atoms with Crippen molar-refractivity contribution in [2.24, 2.45) is 0 Å². The fourth-order valence-electron chi connectivity index (χ4n) is 4.85. The van der Waals surface area contributed by atoms with Crippen LogP contribution in [0.2, 0.25) is 0 Å². The van der Waals surface area contributed by atoms with E-state index in [1.54, 1.807) is 0 Å². The molecular formula is C21H21F4N3O. The number of hydrogen-bond acceptors (Lipinski definition) is 4. The Kier molecular flexibility index (Phi) is 4.43. The van der Waals surface area contributed by atoms with Gasteiger partial charge in [0.25, 0.3) is 0 Å². The Morgan fingerprint density at radius 3 is 2.76 bits per heavy atom. The van der Waals surface area contributed by atoms with Crippen LogP contribution in [-0.4, -0.2) is 32.3 Å². The third-order valence-electron chi connectivity index (χ3n) is 6.00. The third-order valence-corrected chi connectivity index (χ3v) is 6.00. The third kappa shape index (κ3) is 3.34. The number of nitrogens with one attached hydrogen (secondary N) is 2. The van der Waals surface area contributed by atoms with E-state index in [-0.39, 0.29) is 5.69 Å². The minimum Gasteiger partial charge on any atom is -0.375 e. The van der Waals surface area contributed by atoms with Crippen LogP contribution in [0.25, 0.3) is 0 Å². The summed E-state index contributed by atoms with van der Waals surface area (Å²) in [5.74, 6) is -0.594. The van der Waals surface area contributed by atoms with Gasteiger partial charge in [0.2, 0.25) is 0 Å². The Labute approximate surface area is 165 Å². The number of fused-ring (bicyclic) bond motifs is 3. The summed E-state index contributed by atoms with van der Waals surface area (Å²) in [6.45, 7) is 3.78. The van der Waals surface area contributed by atoms with Gasteiger partial charge < -0.3 is 20.3 Å². The van der Waals surface area contributed by atoms with E-state index in [1.165, 1.54) is 11.3 Å². The highest BCUT2D eigenvalue weighted by Crippen LogP contribution is 2.47. The molecule has 8 heteroatoms. The maximum atomic E-state index is 13.8. The SMILES string of the molecule is Fc1cc(Nc2cc3c4c(c2)[C@@H]2CNCC[C@@H]2N4CCOC3)cc(C(F)(F)F)c1. The van der Waals surface area contributed by atoms with Crippen LogP contribution in [0.5, 0.6) is 0 Å². The topological polar surface area (TPSA) is 36.5 Å². The molecule has 3 aliphatic rings. The number of hydrogen-bond donors (Lipinski definition) is 2. The summed E-state index contributed by atoms with van der Waals surface area (Å²) in [5, 5.41) is 6.43. The Bertz CT molecular complexity index is 946. The van der Waals surface area contributed by atoms with Crippen molar-refractivity contribution < 1.29 is 22.3 Å². The molecule has 0 amide bonds. The zero-order valence-electron chi connectivity index (χ0n) is 15.7. The molecule has 2 atom stereocenters. The van der Waals surface area contributed by atoms with Gasteiger partial charge in [-0.1, -0.05) is 0 Å². The molecular weight excluding hydrogens is 386 g/mol. The summed E-state index contributed by atoms with van der Waals surface area (Å²) in [7, 11) is 0. The monoisotopic (exact) mass is 407 g/mol. The maximum absolute atomic E-state index is 13.8. The van der Waals surface area contributed by atoms with Gasteiger partial charge in [-0.3, -0.25) is 0 Å². The highest BCUT2D eigenvalue weighted by atomic mass is 19.4. The smallest absolute Gasteiger partial charge is 0.375 e. The average Bonchev–Trinajstić information content (AvgIpc) is 2.82. The minimum absolute atomic E-state index is 0.0761. The first kappa shape index (κ1) is 18.7. The molecule has 154 valence electrons. The lowest BCUT2D eigenvalue weighted by Gasteiger charge is -2.33. The van der Waals surface area contributed by atoms with Crippen LogP contribution in [0.3, 0.4) is 0 Å². The van der Waals surface area contributed by atoms with Crippen molar-refractivity contribution in [3.05, 3.63) is 52.8 Å². The Hall–Kier alpha value is -2.32. The summed E-state index contributed by atoms with van der Waals surface area (Å²) in [6.07, 6.45) is -3.56. The van der Waals surface area contributed by atoms with Crippen molar-refractivity contribution in [3.63, 3.8) is 0 Å². The van der Waals surface area contributed by atoms with Crippen molar-refractivity contribution in [1.29, 1.82) is 0 Å². The van der Waals surface area contributed by atoms with Crippen molar-refractivity contribution >= 4 is 17.1 Å². The number of halogens is 4. The predicted octanol–water partition coefficient (Wildman–Crippen LogP) is 4.38. The van der Waals surface area contributed by atoms with Crippen molar-refractivity contribution in [3.8, 4) is 0 Å². The van der Waals surface area contributed by atoms with Crippen LogP contribution in [0.1, 0.15) is 29.0 Å². The lowest BCUT2D eigenvalue weighted by Crippen LogP contribution is -2.44. The van der Waals surface area contributed by atoms with E-state index >= 15 is 0 Å². The quantitative estimate of drug-likeness (QED) is 0.725. The molecule has 0 spiro atoms. The highest BCUT2D eigenvalue weighted by Gasteiger charge is 2.42. The van der Waals surface area contributed by atoms with Crippen LogP contribution >= 0.6 is 0 Å². The molecule has 0 aromatic heterocycles. The lowest BCUT2D eigenvalue weighted by molar-refractivity contribution is -0.137. The number of ether oxygens (including phenoxy) is 1. The standard InChI is InChI=1S/C21H21F4N3O/c22-14-6-13(21(23,24)25)7-16(8-14)27-15-5-12-11-29-4-3-28-19-1-2-26-10-18(19)17(9-15)20(12)28/h5-9,18-19,26-27H,1-4,10-11H2/t18-,19-/m0/s1. The van der Waals surface area contributed by atoms with Crippen molar-refractivity contribution in [1.82, 2.24) is 5.32 Å². The molecule has 0 aliphatic carbocycles. The molecule has 2 aromatic carbocycles. The number of piperidine rings is 1. The predicted molar refractivity (Wildman–Crippen MR) is 102 cm³/mol. The highest BCUT2D eigenvalue weighted by molar-refractivity contribution is 5.74. The van der Waals surface area contributed by atoms with Gasteiger partial charge >= 0.3 is 6.18 Å². The van der Waals surface area contributed by atoms with E-state index in [4.69, 9.17) is 4.74 Å². The molecule has 0 radical (unpaired) electrons. The van der Waals surface area contributed by atoms with E-state index < -0.39 is 17.6 Å². The van der Waals surface area contributed by atoms with Gasteiger partial charge in [-0.05, 0) is 48.9 Å². The second-order valence-electron chi connectivity index (χ2n) is 7.84. The summed E-state index contributed by atoms with van der Waals surface area (Å²) in [5.41, 5.74) is 3.11. The van der Waals surface area contributed by atoms with Gasteiger partial charge in [0, 0.05) is 47.7 Å². The Morgan fingerprint density at radius 2 is 1.93 bits per heavy atom. The van der Waals surface area contributed by atoms with E-state index in [0.29, 0.717) is 36.9 Å². The molecule has 0 unspecified atom stereocenters. The van der Waals surface area contributed by atoms with E-state index in [1.807, 2.05) is 12.1 Å². The van der Waals surface area contributed by atoms with E-state index in [9.17, 15) is 17.6 Å². The number of alkyl halides is 3. The summed E-state index contributed by atoms with van der Waals surface area (Å²) in [6, 6.07) is 6.82. The summed E-state index contributed by atoms with van der Waals surface area (Å²) in [4.78, 5) is 2.43. The number of anilines is 3. The molecule has 0 bridgehead atoms. The van der Waals surface area contributed by atoms with Gasteiger partial charge in [-0.25, -0.2) is 4.39 Å². The van der Waals surface area contributed by atoms with Gasteiger partial charge in [0.05, 0.1) is 18.8 Å². The van der Waals surface area contributed by atoms with E-state index in [2.05, 4.69) is 15.5 Å². The zero-order chi connectivity index (χ0) is 20.2. The van der Waals surface area contributed by atoms with Gasteiger partial charge in [-0.15, -0.1) is 0 Å². The van der Waals surface area contributed by atoms with Crippen LogP contribution in [0.15, 0.2) is 30.3 Å². The molecule has 3 heterocycles. The molecule has 1 saturated heterocycles. The molecule has 1 fully saturated rings. The van der Waals surface area contributed by atoms with Gasteiger partial charge in [0.1, 0.15) is 5.82 Å². The fraction of sp³-hybridized carbons (Fsp3) is 0.429. The normalized spacial score (nSPS) is 23.4. The molecule has 4 nitrogen and oxygen atoms in total. The van der Waals surface area contributed by atoms with Crippen LogP contribution in [0.4, 0.5) is 34.6 Å². The van der Waals surface area contributed by atoms with Crippen LogP contribution in [0, 0.1) is 5.82 Å². The fourth-order valence-corrected chi connectivity index (χ4v) is 4.85. The largest absolute Gasteiger partial charge is 0.416 e. The number of benzene rings is 2. The second-order valence-corrected chi connectivity index (χ2v) is 7.84. The molecule has 29 heavy (non-hydrogen) atoms. The first-order chi connectivity index (χ1) is 13.9. The van der Waals surface area contributed by atoms with Crippen molar-refractivity contribution in [2.75, 3.05) is 36.5 Å². The Morgan fingerprint density at radius 1 is 1.10 bits per heavy atom. The molecule has 3 aliphatic heterocycles. The van der Waals surface area contributed by atoms with Crippen molar-refractivity contribution in [2.45, 2.75) is 31.2 Å². The van der Waals surface area contributed by atoms with Crippen LogP contribution < -0.4 is 15.5 Å². The minimum atomic E-state index is -4.60. The van der Waals surface area contributed by atoms with Crippen LogP contribution in [-0.2, 0) is 17.5 Å². The second kappa shape index (κ2) is 6.88. The number of nitrogens with zero attached hydrogens (tertiary/aromatic N) is 1. The maximum Gasteiger partial charge on any atom is 0.416 e. The average molecular weight is 407 g/mol. The molecule has 0 saturated carbocycles. The zero-order valence-corrected chi connectivity index (χ0v) is 15.7. The summed E-state index contributed by atoms with van der Waals surface area (Å²) >= 11 is 0. The Balaban J connectivity index is 1.54. The first-order valence-corrected chi connectivity index (χ1v) is 9.77. The lowest BCUT2D eigenvalue weighted by atomic mass is 9.89. The number of rotatable bonds is 2. The molecule has 5 rings (SSSR count). The molecule has 2 aromatic rings. The van der Waals surface area contributed by atoms with Gasteiger partial charge in [0.15, 0.2) is 0 Å². The molecule has 2 N–H and O–H groups in total.